The molecule has 2 aromatic carbocycles. The van der Waals surface area contributed by atoms with Crippen LogP contribution in [0.3, 0.4) is 0 Å². The van der Waals surface area contributed by atoms with Crippen LogP contribution in [0.15, 0.2) is 55.9 Å². The topological polar surface area (TPSA) is 183 Å². The molecule has 3 N–H and O–H groups in total. The van der Waals surface area contributed by atoms with E-state index in [9.17, 15) is 21.6 Å². The molecular weight excluding hydrogens is 676 g/mol. The summed E-state index contributed by atoms with van der Waals surface area (Å²) in [6.45, 7) is 3.03. The fourth-order valence-electron chi connectivity index (χ4n) is 6.24. The summed E-state index contributed by atoms with van der Waals surface area (Å²) in [7, 11) is -6.57. The van der Waals surface area contributed by atoms with Gasteiger partial charge in [0, 0.05) is 37.5 Å². The van der Waals surface area contributed by atoms with Crippen molar-refractivity contribution >= 4 is 42.4 Å². The smallest absolute Gasteiger partial charge is 0.223 e. The van der Waals surface area contributed by atoms with Gasteiger partial charge >= 0.3 is 0 Å². The Morgan fingerprint density at radius 1 is 0.875 bits per heavy atom. The third-order valence-electron chi connectivity index (χ3n) is 8.64. The maximum Gasteiger partial charge on any atom is 0.223 e. The molecule has 0 amide bonds. The largest absolute Gasteiger partial charge is 0.409 e. The van der Waals surface area contributed by atoms with Crippen LogP contribution in [-0.2, 0) is 37.3 Å². The molecule has 14 heteroatoms. The van der Waals surface area contributed by atoms with E-state index in [4.69, 9.17) is 15.5 Å². The van der Waals surface area contributed by atoms with Crippen molar-refractivity contribution < 1.29 is 31.4 Å². The Balaban J connectivity index is 0.000000235. The van der Waals surface area contributed by atoms with Gasteiger partial charge in [0.15, 0.2) is 25.5 Å². The zero-order chi connectivity index (χ0) is 35.5. The molecule has 2 aliphatic carbocycles. The Morgan fingerprint density at radius 3 is 1.77 bits per heavy atom. The zero-order valence-electron chi connectivity index (χ0n) is 28.1. The SMILES string of the molecule is CC(=O)Cl.CS(=O)(=O)c1ccc(CC2CCCCC2)c(/C(N)=N/O)c1.Cc1nc(-c2cc(S(C)(=O)=O)ccc2CC2CCCCC2)no1. The number of nitrogens with two attached hydrogens (primary N) is 1. The summed E-state index contributed by atoms with van der Waals surface area (Å²) in [5.74, 6) is 2.16. The van der Waals surface area contributed by atoms with E-state index in [-0.39, 0.29) is 16.0 Å². The first-order chi connectivity index (χ1) is 22.6. The van der Waals surface area contributed by atoms with Crippen LogP contribution in [-0.4, -0.2) is 55.8 Å². The molecule has 0 atom stereocenters. The summed E-state index contributed by atoms with van der Waals surface area (Å²) in [4.78, 5) is 14.0. The quantitative estimate of drug-likeness (QED) is 0.0839. The molecule has 1 aromatic heterocycles. The van der Waals surface area contributed by atoms with Crippen molar-refractivity contribution in [3.05, 3.63) is 59.0 Å². The molecule has 48 heavy (non-hydrogen) atoms. The van der Waals surface area contributed by atoms with Crippen molar-refractivity contribution in [2.75, 3.05) is 12.5 Å². The summed E-state index contributed by atoms with van der Waals surface area (Å²) in [5, 5.41) is 15.6. The molecule has 2 saturated carbocycles. The number of oxime groups is 1. The van der Waals surface area contributed by atoms with E-state index in [0.29, 0.717) is 34.0 Å². The van der Waals surface area contributed by atoms with Crippen LogP contribution in [0.4, 0.5) is 0 Å². The van der Waals surface area contributed by atoms with E-state index < -0.39 is 19.7 Å². The lowest BCUT2D eigenvalue weighted by Crippen LogP contribution is -2.19. The van der Waals surface area contributed by atoms with Crippen LogP contribution in [0, 0.1) is 18.8 Å². The van der Waals surface area contributed by atoms with Crippen LogP contribution < -0.4 is 5.73 Å². The van der Waals surface area contributed by atoms with Crippen LogP contribution in [0.5, 0.6) is 0 Å². The lowest BCUT2D eigenvalue weighted by molar-refractivity contribution is -0.109. The fourth-order valence-corrected chi connectivity index (χ4v) is 7.54. The summed E-state index contributed by atoms with van der Waals surface area (Å²) in [6.07, 6.45) is 16.6. The van der Waals surface area contributed by atoms with Crippen LogP contribution >= 0.6 is 11.6 Å². The Labute approximate surface area is 289 Å². The normalized spacial score (nSPS) is 16.3. The maximum absolute atomic E-state index is 11.9. The summed E-state index contributed by atoms with van der Waals surface area (Å²) in [5.41, 5.74) is 9.06. The molecule has 2 fully saturated rings. The summed E-state index contributed by atoms with van der Waals surface area (Å²) in [6, 6.07) is 10.2. The second-order valence-electron chi connectivity index (χ2n) is 12.7. The molecule has 0 spiro atoms. The van der Waals surface area contributed by atoms with E-state index >= 15 is 0 Å². The van der Waals surface area contributed by atoms with Crippen LogP contribution in [0.25, 0.3) is 11.4 Å². The zero-order valence-corrected chi connectivity index (χ0v) is 30.5. The Hall–Kier alpha value is -3.29. The Bertz CT molecular complexity index is 1770. The van der Waals surface area contributed by atoms with Crippen molar-refractivity contribution in [1.29, 1.82) is 0 Å². The third-order valence-corrected chi connectivity index (χ3v) is 10.9. The van der Waals surface area contributed by atoms with E-state index in [1.807, 2.05) is 6.07 Å². The monoisotopic (exact) mass is 722 g/mol. The molecule has 2 aliphatic rings. The number of sulfone groups is 2. The first-order valence-electron chi connectivity index (χ1n) is 16.2. The molecule has 0 bridgehead atoms. The highest BCUT2D eigenvalue weighted by atomic mass is 35.5. The van der Waals surface area contributed by atoms with E-state index in [2.05, 4.69) is 26.9 Å². The highest BCUT2D eigenvalue weighted by molar-refractivity contribution is 7.91. The lowest BCUT2D eigenvalue weighted by Gasteiger charge is -2.22. The average molecular weight is 723 g/mol. The number of hydrogen-bond donors (Lipinski definition) is 2. The van der Waals surface area contributed by atoms with Gasteiger partial charge in [0.05, 0.1) is 9.79 Å². The maximum atomic E-state index is 11.9. The number of halogens is 1. The van der Waals surface area contributed by atoms with Crippen molar-refractivity contribution in [1.82, 2.24) is 10.1 Å². The van der Waals surface area contributed by atoms with Crippen molar-refractivity contribution in [2.24, 2.45) is 22.7 Å². The average Bonchev–Trinajstić information content (AvgIpc) is 3.47. The Kier molecular flexibility index (Phi) is 14.6. The number of amidine groups is 1. The first kappa shape index (κ1) is 39.2. The second-order valence-corrected chi connectivity index (χ2v) is 17.3. The second kappa shape index (κ2) is 17.9. The third kappa shape index (κ3) is 12.3. The van der Waals surface area contributed by atoms with Crippen LogP contribution in [0.1, 0.15) is 93.7 Å². The molecule has 0 unspecified atom stereocenters. The van der Waals surface area contributed by atoms with Crippen molar-refractivity contribution in [3.63, 3.8) is 0 Å². The predicted molar refractivity (Wildman–Crippen MR) is 187 cm³/mol. The lowest BCUT2D eigenvalue weighted by atomic mass is 9.84. The van der Waals surface area contributed by atoms with Gasteiger partial charge in [-0.1, -0.05) is 86.7 Å². The molecule has 0 radical (unpaired) electrons. The highest BCUT2D eigenvalue weighted by Gasteiger charge is 2.21. The van der Waals surface area contributed by atoms with Gasteiger partial charge in [0.2, 0.25) is 17.0 Å². The highest BCUT2D eigenvalue weighted by Crippen LogP contribution is 2.32. The Morgan fingerprint density at radius 2 is 1.33 bits per heavy atom. The molecule has 0 saturated heterocycles. The van der Waals surface area contributed by atoms with E-state index in [1.54, 1.807) is 31.2 Å². The van der Waals surface area contributed by atoms with Gasteiger partial charge in [-0.25, -0.2) is 16.8 Å². The number of rotatable bonds is 8. The number of aromatic nitrogens is 2. The van der Waals surface area contributed by atoms with Crippen LogP contribution in [0.2, 0.25) is 0 Å². The van der Waals surface area contributed by atoms with Crippen molar-refractivity contribution in [3.8, 4) is 11.4 Å². The molecule has 0 aliphatic heterocycles. The minimum atomic E-state index is -3.31. The van der Waals surface area contributed by atoms with Gasteiger partial charge in [0.25, 0.3) is 0 Å². The minimum Gasteiger partial charge on any atom is -0.409 e. The van der Waals surface area contributed by atoms with E-state index in [1.165, 1.54) is 83.5 Å². The predicted octanol–water partition coefficient (Wildman–Crippen LogP) is 6.65. The van der Waals surface area contributed by atoms with Gasteiger partial charge in [-0.3, -0.25) is 4.79 Å². The number of carbonyl (C=O) groups excluding carboxylic acids is 1. The summed E-state index contributed by atoms with van der Waals surface area (Å²) >= 11 is 4.64. The fraction of sp³-hybridized carbons (Fsp3) is 0.529. The summed E-state index contributed by atoms with van der Waals surface area (Å²) < 4.78 is 52.1. The van der Waals surface area contributed by atoms with Gasteiger partial charge in [-0.15, -0.1) is 0 Å². The molecule has 5 rings (SSSR count). The van der Waals surface area contributed by atoms with Gasteiger partial charge < -0.3 is 15.5 Å². The first-order valence-corrected chi connectivity index (χ1v) is 20.3. The van der Waals surface area contributed by atoms with Gasteiger partial charge in [-0.05, 0) is 71.7 Å². The number of nitrogens with zero attached hydrogens (tertiary/aromatic N) is 3. The van der Waals surface area contributed by atoms with E-state index in [0.717, 1.165) is 35.8 Å². The standard InChI is InChI=1S/C17H22N2O3S.C15H22N2O3S.C2H3ClO/c1-12-18-17(19-22-12)16-11-15(23(2,20)21)9-8-14(16)10-13-6-4-3-5-7-13;1-21(19,20)13-8-7-12(14(10-13)15(16)17-18)9-11-5-3-2-4-6-11;1-2(3)4/h8-9,11,13H,3-7,10H2,1-2H3;7-8,10-11,18H,2-6,9H2,1H3,(H2,16,17);1H3. The molecule has 3 aromatic rings. The molecule has 264 valence electrons. The molecule has 1 heterocycles. The number of carbonyl (C=O) groups is 1. The molecule has 11 nitrogen and oxygen atoms in total. The minimum absolute atomic E-state index is 0.0358. The van der Waals surface area contributed by atoms with Gasteiger partial charge in [-0.2, -0.15) is 4.98 Å². The number of aryl methyl sites for hydroxylation is 1. The number of hydrogen-bond acceptors (Lipinski definition) is 10. The molecular formula is C34H47ClN4O7S2. The van der Waals surface area contributed by atoms with Crippen molar-refractivity contribution in [2.45, 2.75) is 101 Å². The number of benzene rings is 2. The van der Waals surface area contributed by atoms with Gasteiger partial charge in [0.1, 0.15) is 0 Å².